The first-order chi connectivity index (χ1) is 10.3. The highest BCUT2D eigenvalue weighted by atomic mass is 16.5. The van der Waals surface area contributed by atoms with Crippen LogP contribution in [-0.2, 0) is 5.41 Å². The number of aryl methyl sites for hydroxylation is 1. The van der Waals surface area contributed by atoms with Crippen LogP contribution >= 0.6 is 0 Å². The van der Waals surface area contributed by atoms with Crippen molar-refractivity contribution in [2.45, 2.75) is 59.5 Å². The molecule has 2 nitrogen and oxygen atoms in total. The van der Waals surface area contributed by atoms with Crippen molar-refractivity contribution < 1.29 is 4.74 Å². The molecule has 0 fully saturated rings. The highest BCUT2D eigenvalue weighted by molar-refractivity contribution is 5.30. The average Bonchev–Trinajstić information content (AvgIpc) is 2.52. The van der Waals surface area contributed by atoms with Gasteiger partial charge in [0.15, 0.2) is 0 Å². The number of rotatable bonds is 4. The summed E-state index contributed by atoms with van der Waals surface area (Å²) >= 11 is 0. The van der Waals surface area contributed by atoms with Crippen LogP contribution in [0.4, 0.5) is 0 Å². The van der Waals surface area contributed by atoms with Gasteiger partial charge in [0.05, 0.1) is 0 Å². The van der Waals surface area contributed by atoms with Gasteiger partial charge in [-0.3, -0.25) is 4.98 Å². The van der Waals surface area contributed by atoms with Gasteiger partial charge in [0, 0.05) is 17.8 Å². The Hall–Kier alpha value is -1.83. The second-order valence-corrected chi connectivity index (χ2v) is 6.29. The van der Waals surface area contributed by atoms with Gasteiger partial charge in [-0.2, -0.15) is 0 Å². The molecule has 1 aromatic heterocycles. The molecule has 2 aromatic rings. The Balaban J connectivity index is 0.00000116. The number of nitrogens with zero attached hydrogens (tertiary/aromatic N) is 1. The minimum atomic E-state index is -0.342. The monoisotopic (exact) mass is 299 g/mol. The van der Waals surface area contributed by atoms with Crippen LogP contribution in [0.1, 0.15) is 52.7 Å². The maximum absolute atomic E-state index is 6.25. The summed E-state index contributed by atoms with van der Waals surface area (Å²) in [5.74, 6) is 0.901. The standard InChI is InChI=1S/C18H23NO.C2H6/c1-14-8-10-16(11-9-14)20-18(4,5)17(2,3)15-7-6-12-19-13-15;1-2/h6-13H,1-5H3;1-2H3. The SMILES string of the molecule is CC.Cc1ccc(OC(C)(C)C(C)(C)c2cccnc2)cc1. The van der Waals surface area contributed by atoms with E-state index >= 15 is 0 Å². The molecule has 1 heterocycles. The third-order valence-corrected chi connectivity index (χ3v) is 4.28. The molecule has 22 heavy (non-hydrogen) atoms. The van der Waals surface area contributed by atoms with Gasteiger partial charge >= 0.3 is 0 Å². The van der Waals surface area contributed by atoms with Crippen LogP contribution in [0.2, 0.25) is 0 Å². The molecule has 0 spiro atoms. The van der Waals surface area contributed by atoms with Crippen LogP contribution in [0.15, 0.2) is 48.8 Å². The molecule has 0 unspecified atom stereocenters. The molecule has 0 atom stereocenters. The molecule has 120 valence electrons. The quantitative estimate of drug-likeness (QED) is 0.738. The van der Waals surface area contributed by atoms with Gasteiger partial charge in [0.1, 0.15) is 11.4 Å². The molecule has 0 saturated heterocycles. The summed E-state index contributed by atoms with van der Waals surface area (Å²) in [4.78, 5) is 4.23. The van der Waals surface area contributed by atoms with Crippen molar-refractivity contribution >= 4 is 0 Å². The molecule has 1 aromatic carbocycles. The molecule has 0 aliphatic carbocycles. The lowest BCUT2D eigenvalue weighted by molar-refractivity contribution is 0.0356. The second kappa shape index (κ2) is 7.44. The Morgan fingerprint density at radius 2 is 1.50 bits per heavy atom. The summed E-state index contributed by atoms with van der Waals surface area (Å²) in [5, 5.41) is 0. The van der Waals surface area contributed by atoms with Gasteiger partial charge in [-0.05, 0) is 44.5 Å². The van der Waals surface area contributed by atoms with E-state index in [1.54, 1.807) is 6.20 Å². The number of hydrogen-bond acceptors (Lipinski definition) is 2. The summed E-state index contributed by atoms with van der Waals surface area (Å²) in [6, 6.07) is 12.3. The van der Waals surface area contributed by atoms with Crippen molar-refractivity contribution in [3.05, 3.63) is 59.9 Å². The summed E-state index contributed by atoms with van der Waals surface area (Å²) in [6.07, 6.45) is 3.72. The zero-order valence-electron chi connectivity index (χ0n) is 15.0. The third-order valence-electron chi connectivity index (χ3n) is 4.28. The molecule has 0 amide bonds. The zero-order chi connectivity index (χ0) is 16.8. The smallest absolute Gasteiger partial charge is 0.120 e. The lowest BCUT2D eigenvalue weighted by Crippen LogP contribution is -2.47. The van der Waals surface area contributed by atoms with Crippen LogP contribution in [0.25, 0.3) is 0 Å². The summed E-state index contributed by atoms with van der Waals surface area (Å²) in [6.45, 7) is 14.7. The van der Waals surface area contributed by atoms with E-state index < -0.39 is 0 Å². The Kier molecular flexibility index (Phi) is 6.16. The van der Waals surface area contributed by atoms with Crippen LogP contribution in [0, 0.1) is 6.92 Å². The molecule has 0 aliphatic rings. The largest absolute Gasteiger partial charge is 0.487 e. The number of benzene rings is 1. The minimum absolute atomic E-state index is 0.147. The minimum Gasteiger partial charge on any atom is -0.487 e. The predicted molar refractivity (Wildman–Crippen MR) is 94.5 cm³/mol. The fourth-order valence-electron chi connectivity index (χ4n) is 2.11. The van der Waals surface area contributed by atoms with Gasteiger partial charge in [0.2, 0.25) is 0 Å². The van der Waals surface area contributed by atoms with E-state index in [0.29, 0.717) is 0 Å². The fourth-order valence-corrected chi connectivity index (χ4v) is 2.11. The highest BCUT2D eigenvalue weighted by Crippen LogP contribution is 2.37. The average molecular weight is 299 g/mol. The number of pyridine rings is 1. The summed E-state index contributed by atoms with van der Waals surface area (Å²) in [7, 11) is 0. The summed E-state index contributed by atoms with van der Waals surface area (Å²) < 4.78 is 6.25. The van der Waals surface area contributed by atoms with Crippen LogP contribution in [-0.4, -0.2) is 10.6 Å². The van der Waals surface area contributed by atoms with Crippen molar-refractivity contribution in [3.8, 4) is 5.75 Å². The molecule has 0 bridgehead atoms. The first-order valence-corrected chi connectivity index (χ1v) is 7.99. The first-order valence-electron chi connectivity index (χ1n) is 7.99. The molecule has 0 aliphatic heterocycles. The van der Waals surface area contributed by atoms with Crippen LogP contribution in [0.3, 0.4) is 0 Å². The Bertz CT molecular complexity index is 556. The lowest BCUT2D eigenvalue weighted by Gasteiger charge is -2.42. The normalized spacial score (nSPS) is 11.4. The fraction of sp³-hybridized carbons (Fsp3) is 0.450. The molecular weight excluding hydrogens is 270 g/mol. The number of ether oxygens (including phenoxy) is 1. The van der Waals surface area contributed by atoms with Crippen molar-refractivity contribution in [1.82, 2.24) is 4.98 Å². The van der Waals surface area contributed by atoms with Crippen molar-refractivity contribution in [2.24, 2.45) is 0 Å². The second-order valence-electron chi connectivity index (χ2n) is 6.29. The van der Waals surface area contributed by atoms with E-state index in [0.717, 1.165) is 5.75 Å². The highest BCUT2D eigenvalue weighted by Gasteiger charge is 2.40. The maximum Gasteiger partial charge on any atom is 0.120 e. The summed E-state index contributed by atoms with van der Waals surface area (Å²) in [5.41, 5.74) is 1.93. The van der Waals surface area contributed by atoms with E-state index in [9.17, 15) is 0 Å². The Labute approximate surface area is 135 Å². The molecule has 2 heteroatoms. The van der Waals surface area contributed by atoms with Gasteiger partial charge in [0.25, 0.3) is 0 Å². The predicted octanol–water partition coefficient (Wildman–Crippen LogP) is 5.55. The Morgan fingerprint density at radius 1 is 0.909 bits per heavy atom. The van der Waals surface area contributed by atoms with Crippen LogP contribution < -0.4 is 4.74 Å². The molecular formula is C20H29NO. The van der Waals surface area contributed by atoms with Crippen molar-refractivity contribution in [1.29, 1.82) is 0 Å². The number of hydrogen-bond donors (Lipinski definition) is 0. The van der Waals surface area contributed by atoms with E-state index in [4.69, 9.17) is 4.74 Å². The lowest BCUT2D eigenvalue weighted by atomic mass is 9.72. The van der Waals surface area contributed by atoms with Gasteiger partial charge in [-0.15, -0.1) is 0 Å². The molecule has 0 saturated carbocycles. The zero-order valence-corrected chi connectivity index (χ0v) is 15.0. The molecule has 0 radical (unpaired) electrons. The van der Waals surface area contributed by atoms with Gasteiger partial charge in [-0.1, -0.05) is 51.5 Å². The van der Waals surface area contributed by atoms with E-state index in [1.165, 1.54) is 11.1 Å². The van der Waals surface area contributed by atoms with Crippen molar-refractivity contribution in [3.63, 3.8) is 0 Å². The van der Waals surface area contributed by atoms with Gasteiger partial charge < -0.3 is 4.74 Å². The first kappa shape index (κ1) is 18.2. The van der Waals surface area contributed by atoms with Crippen LogP contribution in [0.5, 0.6) is 5.75 Å². The number of aromatic nitrogens is 1. The molecule has 0 N–H and O–H groups in total. The topological polar surface area (TPSA) is 22.1 Å². The van der Waals surface area contributed by atoms with E-state index in [-0.39, 0.29) is 11.0 Å². The van der Waals surface area contributed by atoms with E-state index in [1.807, 2.05) is 38.2 Å². The van der Waals surface area contributed by atoms with Crippen molar-refractivity contribution in [2.75, 3.05) is 0 Å². The van der Waals surface area contributed by atoms with Gasteiger partial charge in [-0.25, -0.2) is 0 Å². The van der Waals surface area contributed by atoms with E-state index in [2.05, 4.69) is 57.8 Å². The maximum atomic E-state index is 6.25. The third kappa shape index (κ3) is 4.09. The molecule has 2 rings (SSSR count). The Morgan fingerprint density at radius 3 is 2.00 bits per heavy atom.